The van der Waals surface area contributed by atoms with Crippen LogP contribution in [0.4, 0.5) is 5.69 Å². The summed E-state index contributed by atoms with van der Waals surface area (Å²) >= 11 is 13.6. The van der Waals surface area contributed by atoms with Gasteiger partial charge in [0.05, 0.1) is 21.3 Å². The summed E-state index contributed by atoms with van der Waals surface area (Å²) in [5.74, 6) is 0.232. The van der Waals surface area contributed by atoms with Gasteiger partial charge in [-0.2, -0.15) is 5.26 Å². The van der Waals surface area contributed by atoms with Crippen LogP contribution in [0.15, 0.2) is 97.6 Å². The lowest BCUT2D eigenvalue weighted by atomic mass is 9.92. The van der Waals surface area contributed by atoms with Crippen LogP contribution in [0.3, 0.4) is 0 Å². The molecule has 0 spiro atoms. The summed E-state index contributed by atoms with van der Waals surface area (Å²) in [6.45, 7) is 6.68. The second kappa shape index (κ2) is 24.6. The van der Waals surface area contributed by atoms with E-state index < -0.39 is 11.9 Å². The van der Waals surface area contributed by atoms with Gasteiger partial charge in [-0.1, -0.05) is 59.6 Å². The Hall–Kier alpha value is -6.89. The van der Waals surface area contributed by atoms with Gasteiger partial charge in [-0.25, -0.2) is 0 Å². The number of aliphatic carboxylic acids is 2. The van der Waals surface area contributed by atoms with Crippen LogP contribution in [0.2, 0.25) is 10.0 Å². The number of nitrogens with one attached hydrogen (secondary N) is 2. The van der Waals surface area contributed by atoms with E-state index in [4.69, 9.17) is 58.1 Å². The van der Waals surface area contributed by atoms with E-state index in [1.165, 1.54) is 6.20 Å². The number of aromatic nitrogens is 2. The number of nitriles is 1. The molecule has 4 aromatic carbocycles. The SMILES string of the molecule is Cc1c(COc2cc(OCc3cncc(N)c3)c(CNCCCC(=O)O)cc2Cl)cccc1-c1cccc(COc2cc(OCc3cncc(C#N)c3)c(CNCCCC(=O)O)cc2Cl)c1C. The zero-order chi connectivity index (χ0) is 47.7. The molecule has 2 aromatic heterocycles. The molecule has 0 aliphatic carbocycles. The van der Waals surface area contributed by atoms with E-state index in [1.807, 2.05) is 24.3 Å². The Balaban J connectivity index is 1.17. The Bertz CT molecular complexity index is 2730. The van der Waals surface area contributed by atoms with Gasteiger partial charge in [-0.05, 0) is 97.4 Å². The summed E-state index contributed by atoms with van der Waals surface area (Å²) in [5, 5.41) is 34.7. The minimum absolute atomic E-state index is 0.0559. The molecule has 0 saturated heterocycles. The molecule has 2 heterocycles. The first-order valence-electron chi connectivity index (χ1n) is 21.6. The number of pyridine rings is 2. The third-order valence-electron chi connectivity index (χ3n) is 10.8. The second-order valence-electron chi connectivity index (χ2n) is 15.8. The van der Waals surface area contributed by atoms with Crippen LogP contribution in [0.25, 0.3) is 11.1 Å². The normalized spacial score (nSPS) is 10.9. The average molecular weight is 948 g/mol. The molecule has 0 aliphatic heterocycles. The van der Waals surface area contributed by atoms with Crippen molar-refractivity contribution < 1.29 is 38.7 Å². The third-order valence-corrected chi connectivity index (χ3v) is 11.4. The van der Waals surface area contributed by atoms with Crippen LogP contribution >= 0.6 is 23.2 Å². The lowest BCUT2D eigenvalue weighted by Crippen LogP contribution is -2.16. The highest BCUT2D eigenvalue weighted by Crippen LogP contribution is 2.37. The van der Waals surface area contributed by atoms with Crippen molar-refractivity contribution in [1.29, 1.82) is 5.26 Å². The number of rotatable bonds is 25. The molecule has 0 saturated carbocycles. The maximum atomic E-state index is 11.0. The maximum absolute atomic E-state index is 11.0. The van der Waals surface area contributed by atoms with E-state index in [-0.39, 0.29) is 39.3 Å². The standard InChI is InChI=1S/C51H52Cl2N6O8/c1-32-37(30-66-48-19-46(64-28-35-15-34(21-54)22-58-23-35)39(17-44(48)52)25-56-13-5-11-50(60)61)7-3-9-42(32)43-10-4-8-38(33(43)2)31-67-49-20-47(65-29-36-16-41(55)27-59-24-36)40(18-45(49)53)26-57-14-6-12-51(62)63/h3-4,7-10,15-20,22-24,27,56-57H,5-6,11-14,25-26,28-31,55H2,1-2H3,(H,60,61)(H,62,63). The van der Waals surface area contributed by atoms with Crippen LogP contribution < -0.4 is 35.3 Å². The summed E-state index contributed by atoms with van der Waals surface area (Å²) in [6, 6.07) is 24.9. The van der Waals surface area contributed by atoms with Gasteiger partial charge in [0.1, 0.15) is 55.5 Å². The Kier molecular flexibility index (Phi) is 18.2. The van der Waals surface area contributed by atoms with Gasteiger partial charge in [-0.15, -0.1) is 0 Å². The molecular formula is C51H52Cl2N6O8. The number of carbonyl (C=O) groups is 2. The fourth-order valence-corrected chi connectivity index (χ4v) is 7.69. The first-order valence-corrected chi connectivity index (χ1v) is 22.4. The number of nitrogens with two attached hydrogens (primary N) is 1. The lowest BCUT2D eigenvalue weighted by Gasteiger charge is -2.19. The highest BCUT2D eigenvalue weighted by atomic mass is 35.5. The highest BCUT2D eigenvalue weighted by molar-refractivity contribution is 6.32. The molecule has 6 aromatic rings. The molecule has 348 valence electrons. The molecule has 0 bridgehead atoms. The van der Waals surface area contributed by atoms with Crippen molar-refractivity contribution in [3.63, 3.8) is 0 Å². The minimum atomic E-state index is -0.854. The van der Waals surface area contributed by atoms with E-state index in [0.29, 0.717) is 88.9 Å². The Morgan fingerprint density at radius 1 is 0.627 bits per heavy atom. The summed E-state index contributed by atoms with van der Waals surface area (Å²) in [5.41, 5.74) is 16.0. The minimum Gasteiger partial charge on any atom is -0.488 e. The van der Waals surface area contributed by atoms with E-state index in [0.717, 1.165) is 50.1 Å². The molecule has 0 fully saturated rings. The van der Waals surface area contributed by atoms with Crippen LogP contribution in [0.5, 0.6) is 23.0 Å². The van der Waals surface area contributed by atoms with Crippen LogP contribution in [-0.4, -0.2) is 45.2 Å². The number of ether oxygens (including phenoxy) is 4. The monoisotopic (exact) mass is 946 g/mol. The van der Waals surface area contributed by atoms with E-state index in [2.05, 4.69) is 52.7 Å². The number of nitrogen functional groups attached to an aromatic ring is 1. The molecule has 6 N–H and O–H groups in total. The predicted molar refractivity (Wildman–Crippen MR) is 256 cm³/mol. The van der Waals surface area contributed by atoms with Gasteiger partial charge in [-0.3, -0.25) is 19.6 Å². The lowest BCUT2D eigenvalue weighted by molar-refractivity contribution is -0.138. The molecule has 0 atom stereocenters. The molecule has 0 amide bonds. The second-order valence-corrected chi connectivity index (χ2v) is 16.6. The molecule has 0 radical (unpaired) electrons. The fraction of sp³-hybridized carbons (Fsp3) is 0.275. The van der Waals surface area contributed by atoms with E-state index in [1.54, 1.807) is 55.0 Å². The smallest absolute Gasteiger partial charge is 0.303 e. The van der Waals surface area contributed by atoms with Gasteiger partial charge in [0.25, 0.3) is 0 Å². The van der Waals surface area contributed by atoms with Crippen molar-refractivity contribution in [3.8, 4) is 40.2 Å². The number of carboxylic acids is 2. The maximum Gasteiger partial charge on any atom is 0.303 e. The van der Waals surface area contributed by atoms with Crippen molar-refractivity contribution in [3.05, 3.63) is 158 Å². The van der Waals surface area contributed by atoms with Crippen LogP contribution in [-0.2, 0) is 49.1 Å². The first-order chi connectivity index (χ1) is 32.4. The molecule has 16 heteroatoms. The summed E-state index contributed by atoms with van der Waals surface area (Å²) in [4.78, 5) is 30.3. The number of halogens is 2. The first kappa shape index (κ1) is 49.5. The predicted octanol–water partition coefficient (Wildman–Crippen LogP) is 9.75. The van der Waals surface area contributed by atoms with Crippen molar-refractivity contribution >= 4 is 40.8 Å². The van der Waals surface area contributed by atoms with Crippen molar-refractivity contribution in [1.82, 2.24) is 20.6 Å². The molecular weight excluding hydrogens is 896 g/mol. The highest BCUT2D eigenvalue weighted by Gasteiger charge is 2.17. The average Bonchev–Trinajstić information content (AvgIpc) is 3.30. The zero-order valence-corrected chi connectivity index (χ0v) is 38.8. The number of benzene rings is 4. The number of hydrogen-bond acceptors (Lipinski definition) is 12. The van der Waals surface area contributed by atoms with Crippen molar-refractivity contribution in [2.24, 2.45) is 0 Å². The van der Waals surface area contributed by atoms with Gasteiger partial charge >= 0.3 is 11.9 Å². The molecule has 14 nitrogen and oxygen atoms in total. The molecule has 6 rings (SSSR count). The number of hydrogen-bond donors (Lipinski definition) is 5. The van der Waals surface area contributed by atoms with Crippen molar-refractivity contribution in [2.45, 2.75) is 79.0 Å². The van der Waals surface area contributed by atoms with Gasteiger partial charge < -0.3 is 45.5 Å². The Labute approximate surface area is 399 Å². The largest absolute Gasteiger partial charge is 0.488 e. The quantitative estimate of drug-likeness (QED) is 0.0338. The number of nitrogens with zero attached hydrogens (tertiary/aromatic N) is 3. The number of carboxylic acid groups (broad SMARTS) is 2. The fourth-order valence-electron chi connectivity index (χ4n) is 7.20. The van der Waals surface area contributed by atoms with Crippen LogP contribution in [0.1, 0.15) is 75.8 Å². The van der Waals surface area contributed by atoms with Crippen LogP contribution in [0, 0.1) is 25.2 Å². The Morgan fingerprint density at radius 2 is 1.09 bits per heavy atom. The van der Waals surface area contributed by atoms with Crippen molar-refractivity contribution in [2.75, 3.05) is 18.8 Å². The van der Waals surface area contributed by atoms with Gasteiger partial charge in [0.2, 0.25) is 0 Å². The van der Waals surface area contributed by atoms with Gasteiger partial charge in [0, 0.05) is 85.1 Å². The molecule has 0 unspecified atom stereocenters. The number of anilines is 1. The molecule has 67 heavy (non-hydrogen) atoms. The third kappa shape index (κ3) is 14.5. The topological polar surface area (TPSA) is 211 Å². The van der Waals surface area contributed by atoms with E-state index >= 15 is 0 Å². The van der Waals surface area contributed by atoms with E-state index in [9.17, 15) is 14.9 Å². The summed E-state index contributed by atoms with van der Waals surface area (Å²) in [6.07, 6.45) is 7.44. The summed E-state index contributed by atoms with van der Waals surface area (Å²) in [7, 11) is 0. The molecule has 0 aliphatic rings. The van der Waals surface area contributed by atoms with Gasteiger partial charge in [0.15, 0.2) is 0 Å². The summed E-state index contributed by atoms with van der Waals surface area (Å²) < 4.78 is 25.3. The zero-order valence-electron chi connectivity index (χ0n) is 37.2. The Morgan fingerprint density at radius 3 is 1.55 bits per heavy atom.